The van der Waals surface area contributed by atoms with Crippen LogP contribution in [0.4, 0.5) is 0 Å². The summed E-state index contributed by atoms with van der Waals surface area (Å²) in [5.41, 5.74) is 4.61. The maximum atomic E-state index is 14.2. The minimum absolute atomic E-state index is 0.161. The lowest BCUT2D eigenvalue weighted by molar-refractivity contribution is -0.139. The Morgan fingerprint density at radius 3 is 2.34 bits per heavy atom. The lowest BCUT2D eigenvalue weighted by atomic mass is 9.95. The maximum absolute atomic E-state index is 14.2. The smallest absolute Gasteiger partial charge is 0.338 e. The van der Waals surface area contributed by atoms with Crippen LogP contribution < -0.4 is 24.4 Å². The molecular weight excluding hydrogens is 650 g/mol. The molecule has 44 heavy (non-hydrogen) atoms. The van der Waals surface area contributed by atoms with Gasteiger partial charge >= 0.3 is 11.9 Å². The Morgan fingerprint density at radius 1 is 1.07 bits per heavy atom. The molecule has 1 N–H and O–H groups in total. The molecule has 5 rings (SSSR count). The quantitative estimate of drug-likeness (QED) is 0.268. The molecule has 10 nitrogen and oxygen atoms in total. The van der Waals surface area contributed by atoms with E-state index in [-0.39, 0.29) is 23.3 Å². The second kappa shape index (κ2) is 12.3. The third-order valence-electron chi connectivity index (χ3n) is 7.44. The Labute approximate surface area is 265 Å². The molecule has 0 spiro atoms. The number of ether oxygens (including phenoxy) is 3. The molecule has 0 unspecified atom stereocenters. The monoisotopic (exact) mass is 679 g/mol. The molecule has 0 fully saturated rings. The van der Waals surface area contributed by atoms with Gasteiger partial charge in [-0.25, -0.2) is 14.6 Å². The van der Waals surface area contributed by atoms with Crippen molar-refractivity contribution >= 4 is 45.3 Å². The molecule has 2 aromatic carbocycles. The summed E-state index contributed by atoms with van der Waals surface area (Å²) in [4.78, 5) is 43.9. The van der Waals surface area contributed by atoms with Crippen molar-refractivity contribution in [2.45, 2.75) is 33.7 Å². The number of nitrogens with zero attached hydrogens (tertiary/aromatic N) is 3. The fraction of sp³-hybridized carbons (Fsp3) is 0.250. The van der Waals surface area contributed by atoms with E-state index >= 15 is 0 Å². The topological polar surface area (TPSA) is 121 Å². The van der Waals surface area contributed by atoms with Crippen LogP contribution in [-0.4, -0.2) is 47.0 Å². The number of thiazole rings is 1. The minimum atomic E-state index is -0.992. The van der Waals surface area contributed by atoms with Crippen molar-refractivity contribution in [2.24, 2.45) is 4.99 Å². The largest absolute Gasteiger partial charge is 0.493 e. The van der Waals surface area contributed by atoms with Crippen molar-refractivity contribution in [1.29, 1.82) is 0 Å². The first-order chi connectivity index (χ1) is 21.0. The van der Waals surface area contributed by atoms with E-state index in [0.29, 0.717) is 36.6 Å². The summed E-state index contributed by atoms with van der Waals surface area (Å²) in [6.07, 6.45) is 1.82. The molecule has 3 heterocycles. The molecule has 12 heteroatoms. The Morgan fingerprint density at radius 2 is 1.73 bits per heavy atom. The van der Waals surface area contributed by atoms with Gasteiger partial charge in [-0.3, -0.25) is 9.36 Å². The van der Waals surface area contributed by atoms with Gasteiger partial charge in [0.15, 0.2) is 16.3 Å². The molecule has 0 saturated carbocycles. The number of carboxylic acid groups (broad SMARTS) is 1. The van der Waals surface area contributed by atoms with Crippen molar-refractivity contribution in [3.63, 3.8) is 0 Å². The normalized spacial score (nSPS) is 14.7. The average Bonchev–Trinajstić information content (AvgIpc) is 3.45. The zero-order valence-electron chi connectivity index (χ0n) is 24.9. The zero-order valence-corrected chi connectivity index (χ0v) is 27.3. The van der Waals surface area contributed by atoms with E-state index in [1.165, 1.54) is 30.1 Å². The van der Waals surface area contributed by atoms with E-state index in [4.69, 9.17) is 14.2 Å². The molecule has 4 aromatic rings. The van der Waals surface area contributed by atoms with Gasteiger partial charge in [0.25, 0.3) is 5.56 Å². The predicted molar refractivity (Wildman–Crippen MR) is 170 cm³/mol. The number of hydrogen-bond donors (Lipinski definition) is 1. The van der Waals surface area contributed by atoms with E-state index in [0.717, 1.165) is 22.6 Å². The van der Waals surface area contributed by atoms with E-state index < -0.39 is 18.0 Å². The van der Waals surface area contributed by atoms with Crippen molar-refractivity contribution < 1.29 is 28.9 Å². The summed E-state index contributed by atoms with van der Waals surface area (Å²) in [6.45, 7) is 7.50. The molecule has 0 amide bonds. The van der Waals surface area contributed by atoms with E-state index in [1.54, 1.807) is 50.2 Å². The van der Waals surface area contributed by atoms with Gasteiger partial charge in [0.2, 0.25) is 0 Å². The SMILES string of the molecule is CCOC(=O)C1=C(C)N=c2s/c(=C\c3cc(C)n(-c4ccc(C(=O)O)cc4)c3C)c(=O)n2[C@H]1c1cc(OC)c(OC)cc1Br. The number of aromatic carboxylic acids is 1. The first-order valence-corrected chi connectivity index (χ1v) is 15.2. The van der Waals surface area contributed by atoms with Crippen LogP contribution >= 0.6 is 27.3 Å². The average molecular weight is 681 g/mol. The van der Waals surface area contributed by atoms with Crippen molar-refractivity contribution in [3.05, 3.63) is 106 Å². The Balaban J connectivity index is 1.70. The number of rotatable bonds is 8. The minimum Gasteiger partial charge on any atom is -0.493 e. The fourth-order valence-corrected chi connectivity index (χ4v) is 6.97. The Kier molecular flexibility index (Phi) is 8.66. The zero-order chi connectivity index (χ0) is 31.9. The highest BCUT2D eigenvalue weighted by atomic mass is 79.9. The molecular formula is C32H30BrN3O7S. The van der Waals surface area contributed by atoms with Crippen molar-refractivity contribution in [1.82, 2.24) is 9.13 Å². The second-order valence-electron chi connectivity index (χ2n) is 10.0. The van der Waals surface area contributed by atoms with Crippen LogP contribution in [0.1, 0.15) is 52.8 Å². The van der Waals surface area contributed by atoms with Crippen molar-refractivity contribution in [3.8, 4) is 17.2 Å². The van der Waals surface area contributed by atoms with E-state index in [2.05, 4.69) is 20.9 Å². The number of esters is 1. The van der Waals surface area contributed by atoms with Gasteiger partial charge in [0.1, 0.15) is 0 Å². The third-order valence-corrected chi connectivity index (χ3v) is 9.11. The number of carbonyl (C=O) groups is 2. The molecule has 228 valence electrons. The number of carboxylic acids is 1. The molecule has 0 saturated heterocycles. The molecule has 2 aromatic heterocycles. The number of aryl methyl sites for hydroxylation is 1. The highest BCUT2D eigenvalue weighted by molar-refractivity contribution is 9.10. The number of aromatic nitrogens is 2. The fourth-order valence-electron chi connectivity index (χ4n) is 5.39. The number of benzene rings is 2. The highest BCUT2D eigenvalue weighted by Gasteiger charge is 2.35. The maximum Gasteiger partial charge on any atom is 0.338 e. The van der Waals surface area contributed by atoms with Gasteiger partial charge in [-0.1, -0.05) is 27.3 Å². The van der Waals surface area contributed by atoms with Gasteiger partial charge in [0.05, 0.1) is 48.2 Å². The lowest BCUT2D eigenvalue weighted by Gasteiger charge is -2.26. The van der Waals surface area contributed by atoms with Crippen LogP contribution in [0.25, 0.3) is 11.8 Å². The summed E-state index contributed by atoms with van der Waals surface area (Å²) < 4.78 is 21.0. The van der Waals surface area contributed by atoms with Crippen LogP contribution in [0.5, 0.6) is 11.5 Å². The number of methoxy groups -OCH3 is 2. The molecule has 0 bridgehead atoms. The van der Waals surface area contributed by atoms with Gasteiger partial charge in [-0.15, -0.1) is 0 Å². The molecule has 1 aliphatic heterocycles. The van der Waals surface area contributed by atoms with Crippen molar-refractivity contribution in [2.75, 3.05) is 20.8 Å². The highest BCUT2D eigenvalue weighted by Crippen LogP contribution is 2.40. The third kappa shape index (κ3) is 5.39. The number of fused-ring (bicyclic) bond motifs is 1. The lowest BCUT2D eigenvalue weighted by Crippen LogP contribution is -2.40. The van der Waals surface area contributed by atoms with E-state index in [9.17, 15) is 19.5 Å². The summed E-state index contributed by atoms with van der Waals surface area (Å²) in [6, 6.07) is 11.2. The van der Waals surface area contributed by atoms with Crippen LogP contribution in [0, 0.1) is 13.8 Å². The molecule has 1 aliphatic rings. The van der Waals surface area contributed by atoms with E-state index in [1.807, 2.05) is 30.6 Å². The van der Waals surface area contributed by atoms with Crippen LogP contribution in [0.3, 0.4) is 0 Å². The molecule has 0 radical (unpaired) electrons. The summed E-state index contributed by atoms with van der Waals surface area (Å²) in [7, 11) is 3.05. The van der Waals surface area contributed by atoms with Gasteiger partial charge in [-0.05, 0) is 87.4 Å². The first kappa shape index (κ1) is 31.0. The van der Waals surface area contributed by atoms with Crippen LogP contribution in [-0.2, 0) is 9.53 Å². The number of allylic oxidation sites excluding steroid dienone is 1. The number of hydrogen-bond acceptors (Lipinski definition) is 8. The standard InChI is InChI=1S/C32H30BrN3O7S/c1-7-43-31(40)27-17(3)34-32-36(28(27)22-14-24(41-5)25(42-6)15-23(22)33)29(37)26(44-32)13-20-12-16(2)35(18(20)4)21-10-8-19(9-11-21)30(38)39/h8-15,28H,7H2,1-6H3,(H,38,39)/b26-13-/t28-/m0/s1. The van der Waals surface area contributed by atoms with Gasteiger partial charge in [-0.2, -0.15) is 0 Å². The Bertz CT molecular complexity index is 2020. The van der Waals surface area contributed by atoms with Crippen LogP contribution in [0.2, 0.25) is 0 Å². The number of halogens is 1. The summed E-state index contributed by atoms with van der Waals surface area (Å²) in [5.74, 6) is -0.628. The first-order valence-electron chi connectivity index (χ1n) is 13.6. The second-order valence-corrected chi connectivity index (χ2v) is 11.9. The summed E-state index contributed by atoms with van der Waals surface area (Å²) in [5, 5.41) is 9.27. The predicted octanol–water partition coefficient (Wildman–Crippen LogP) is 4.68. The van der Waals surface area contributed by atoms with Gasteiger partial charge < -0.3 is 23.9 Å². The summed E-state index contributed by atoms with van der Waals surface area (Å²) >= 11 is 4.85. The van der Waals surface area contributed by atoms with Crippen LogP contribution in [0.15, 0.2) is 68.0 Å². The Hall–Kier alpha value is -4.42. The molecule has 0 aliphatic carbocycles. The molecule has 1 atom stereocenters. The van der Waals surface area contributed by atoms with Gasteiger partial charge in [0, 0.05) is 21.5 Å². The number of carbonyl (C=O) groups excluding carboxylic acids is 1.